The minimum absolute atomic E-state index is 0.251. The number of alkyl halides is 3. The first kappa shape index (κ1) is 15.8. The number of hydroxylamine groups is 1. The topological polar surface area (TPSA) is 46.6 Å². The summed E-state index contributed by atoms with van der Waals surface area (Å²) in [7, 11) is 0. The van der Waals surface area contributed by atoms with Gasteiger partial charge in [0.1, 0.15) is 5.57 Å². The van der Waals surface area contributed by atoms with Gasteiger partial charge in [0.2, 0.25) is 0 Å². The van der Waals surface area contributed by atoms with Crippen molar-refractivity contribution in [2.45, 2.75) is 6.18 Å². The van der Waals surface area contributed by atoms with E-state index in [0.29, 0.717) is 11.3 Å². The minimum Gasteiger partial charge on any atom is -0.327 e. The highest BCUT2D eigenvalue weighted by Gasteiger charge is 2.37. The van der Waals surface area contributed by atoms with Crippen molar-refractivity contribution in [2.24, 2.45) is 0 Å². The number of benzene rings is 2. The second-order valence-corrected chi connectivity index (χ2v) is 4.99. The lowest BCUT2D eigenvalue weighted by molar-refractivity contribution is -0.138. The zero-order valence-electron chi connectivity index (χ0n) is 12.1. The molecule has 0 atom stereocenters. The molecule has 1 aliphatic rings. The average molecular weight is 333 g/mol. The van der Waals surface area contributed by atoms with Crippen LogP contribution in [-0.4, -0.2) is 11.9 Å². The SMILES string of the molecule is O=C1ON(c2ccccc2)C(=O)C1=Cc1ccc(C(F)(F)F)cc1. The van der Waals surface area contributed by atoms with Crippen LogP contribution in [0.4, 0.5) is 18.9 Å². The van der Waals surface area contributed by atoms with Gasteiger partial charge < -0.3 is 4.84 Å². The molecule has 3 rings (SSSR count). The third kappa shape index (κ3) is 3.01. The minimum atomic E-state index is -4.45. The van der Waals surface area contributed by atoms with Gasteiger partial charge in [0.15, 0.2) is 0 Å². The van der Waals surface area contributed by atoms with Crippen LogP contribution in [0, 0.1) is 0 Å². The number of hydrogen-bond donors (Lipinski definition) is 0. The number of para-hydroxylation sites is 1. The Morgan fingerprint density at radius 1 is 0.917 bits per heavy atom. The number of rotatable bonds is 2. The third-order valence-corrected chi connectivity index (χ3v) is 3.35. The van der Waals surface area contributed by atoms with E-state index in [9.17, 15) is 22.8 Å². The molecule has 7 heteroatoms. The van der Waals surface area contributed by atoms with Crippen LogP contribution in [0.25, 0.3) is 6.08 Å². The Balaban J connectivity index is 1.88. The zero-order valence-corrected chi connectivity index (χ0v) is 12.1. The third-order valence-electron chi connectivity index (χ3n) is 3.35. The average Bonchev–Trinajstić information content (AvgIpc) is 2.83. The Bertz CT molecular complexity index is 811. The van der Waals surface area contributed by atoms with Crippen LogP contribution in [0.1, 0.15) is 11.1 Å². The van der Waals surface area contributed by atoms with E-state index < -0.39 is 23.6 Å². The lowest BCUT2D eigenvalue weighted by Crippen LogP contribution is -2.22. The Hall–Kier alpha value is -3.09. The van der Waals surface area contributed by atoms with E-state index in [1.165, 1.54) is 18.2 Å². The summed E-state index contributed by atoms with van der Waals surface area (Å²) >= 11 is 0. The molecule has 0 bridgehead atoms. The molecule has 1 heterocycles. The fourth-order valence-electron chi connectivity index (χ4n) is 2.16. The molecule has 0 spiro atoms. The second-order valence-electron chi connectivity index (χ2n) is 4.99. The lowest BCUT2D eigenvalue weighted by atomic mass is 10.1. The molecule has 24 heavy (non-hydrogen) atoms. The van der Waals surface area contributed by atoms with Crippen LogP contribution >= 0.6 is 0 Å². The number of halogens is 3. The summed E-state index contributed by atoms with van der Waals surface area (Å²) in [6, 6.07) is 12.4. The quantitative estimate of drug-likeness (QED) is 0.623. The van der Waals surface area contributed by atoms with Gasteiger partial charge in [0.25, 0.3) is 5.91 Å². The molecule has 1 aliphatic heterocycles. The van der Waals surface area contributed by atoms with Crippen LogP contribution in [0.2, 0.25) is 0 Å². The van der Waals surface area contributed by atoms with Crippen LogP contribution in [-0.2, 0) is 20.6 Å². The summed E-state index contributed by atoms with van der Waals surface area (Å²) < 4.78 is 37.6. The Kier molecular flexibility index (Phi) is 3.84. The van der Waals surface area contributed by atoms with Gasteiger partial charge in [0.05, 0.1) is 11.3 Å². The fraction of sp³-hybridized carbons (Fsp3) is 0.0588. The molecule has 0 N–H and O–H groups in total. The van der Waals surface area contributed by atoms with Crippen LogP contribution in [0.5, 0.6) is 0 Å². The van der Waals surface area contributed by atoms with Crippen molar-refractivity contribution in [3.63, 3.8) is 0 Å². The lowest BCUT2D eigenvalue weighted by Gasteiger charge is -2.11. The number of hydrogen-bond acceptors (Lipinski definition) is 3. The molecule has 0 radical (unpaired) electrons. The van der Waals surface area contributed by atoms with Gasteiger partial charge in [-0.15, -0.1) is 5.06 Å². The zero-order chi connectivity index (χ0) is 17.3. The summed E-state index contributed by atoms with van der Waals surface area (Å²) in [4.78, 5) is 29.1. The predicted molar refractivity (Wildman–Crippen MR) is 79.4 cm³/mol. The number of carbonyl (C=O) groups is 2. The van der Waals surface area contributed by atoms with Crippen molar-refractivity contribution < 1.29 is 27.6 Å². The van der Waals surface area contributed by atoms with Crippen molar-refractivity contribution >= 4 is 23.6 Å². The summed E-state index contributed by atoms with van der Waals surface area (Å²) in [5.74, 6) is -1.53. The largest absolute Gasteiger partial charge is 0.416 e. The predicted octanol–water partition coefficient (Wildman–Crippen LogP) is 3.59. The summed E-state index contributed by atoms with van der Waals surface area (Å²) in [5, 5.41) is 0.845. The van der Waals surface area contributed by atoms with E-state index in [1.54, 1.807) is 30.3 Å². The smallest absolute Gasteiger partial charge is 0.327 e. The van der Waals surface area contributed by atoms with Crippen molar-refractivity contribution in [1.29, 1.82) is 0 Å². The van der Waals surface area contributed by atoms with E-state index in [1.807, 2.05) is 0 Å². The van der Waals surface area contributed by atoms with Gasteiger partial charge in [0, 0.05) is 0 Å². The van der Waals surface area contributed by atoms with Crippen molar-refractivity contribution in [1.82, 2.24) is 0 Å². The van der Waals surface area contributed by atoms with Crippen molar-refractivity contribution in [2.75, 3.05) is 5.06 Å². The molecule has 122 valence electrons. The summed E-state index contributed by atoms with van der Waals surface area (Å²) in [6.07, 6.45) is -3.24. The van der Waals surface area contributed by atoms with Crippen molar-refractivity contribution in [3.8, 4) is 0 Å². The van der Waals surface area contributed by atoms with E-state index in [-0.39, 0.29) is 5.57 Å². The Labute approximate surface area is 134 Å². The second kappa shape index (κ2) is 5.84. The molecule has 1 fully saturated rings. The van der Waals surface area contributed by atoms with Crippen LogP contribution in [0.3, 0.4) is 0 Å². The first-order valence-electron chi connectivity index (χ1n) is 6.87. The van der Waals surface area contributed by atoms with Gasteiger partial charge >= 0.3 is 12.1 Å². The van der Waals surface area contributed by atoms with E-state index in [0.717, 1.165) is 17.2 Å². The molecule has 0 aliphatic carbocycles. The maximum absolute atomic E-state index is 12.5. The molecule has 0 unspecified atom stereocenters. The molecular weight excluding hydrogens is 323 g/mol. The number of anilines is 1. The molecule has 0 saturated carbocycles. The maximum Gasteiger partial charge on any atom is 0.416 e. The van der Waals surface area contributed by atoms with Gasteiger partial charge in [-0.05, 0) is 35.9 Å². The molecular formula is C17H10F3NO3. The van der Waals surface area contributed by atoms with Gasteiger partial charge in [-0.25, -0.2) is 4.79 Å². The van der Waals surface area contributed by atoms with E-state index >= 15 is 0 Å². The number of carbonyl (C=O) groups excluding carboxylic acids is 2. The molecule has 2 aromatic carbocycles. The van der Waals surface area contributed by atoms with Crippen LogP contribution < -0.4 is 5.06 Å². The van der Waals surface area contributed by atoms with Crippen LogP contribution in [0.15, 0.2) is 60.2 Å². The molecule has 1 amide bonds. The summed E-state index contributed by atoms with van der Waals surface area (Å²) in [5.41, 5.74) is -0.389. The number of amides is 1. The standard InChI is InChI=1S/C17H10F3NO3/c18-17(19,20)12-8-6-11(7-9-12)10-14-15(22)21(24-16(14)23)13-4-2-1-3-5-13/h1-10H. The number of nitrogens with zero attached hydrogens (tertiary/aromatic N) is 1. The van der Waals surface area contributed by atoms with Gasteiger partial charge in [-0.3, -0.25) is 4.79 Å². The molecule has 2 aromatic rings. The van der Waals surface area contributed by atoms with E-state index in [2.05, 4.69) is 0 Å². The highest BCUT2D eigenvalue weighted by molar-refractivity contribution is 6.28. The fourth-order valence-corrected chi connectivity index (χ4v) is 2.16. The molecule has 0 aromatic heterocycles. The van der Waals surface area contributed by atoms with Crippen molar-refractivity contribution in [3.05, 3.63) is 71.3 Å². The van der Waals surface area contributed by atoms with E-state index in [4.69, 9.17) is 4.84 Å². The molecule has 4 nitrogen and oxygen atoms in total. The van der Waals surface area contributed by atoms with Gasteiger partial charge in [-0.2, -0.15) is 13.2 Å². The highest BCUT2D eigenvalue weighted by atomic mass is 19.4. The maximum atomic E-state index is 12.5. The Morgan fingerprint density at radius 3 is 2.12 bits per heavy atom. The molecule has 1 saturated heterocycles. The Morgan fingerprint density at radius 2 is 1.54 bits per heavy atom. The summed E-state index contributed by atoms with van der Waals surface area (Å²) in [6.45, 7) is 0. The monoisotopic (exact) mass is 333 g/mol. The normalized spacial score (nSPS) is 16.6. The highest BCUT2D eigenvalue weighted by Crippen LogP contribution is 2.30. The first-order chi connectivity index (χ1) is 11.4. The first-order valence-corrected chi connectivity index (χ1v) is 6.87. The van der Waals surface area contributed by atoms with Gasteiger partial charge in [-0.1, -0.05) is 30.3 Å².